The van der Waals surface area contributed by atoms with Crippen molar-refractivity contribution in [3.8, 4) is 22.3 Å². The highest BCUT2D eigenvalue weighted by Gasteiger charge is 2.35. The highest BCUT2D eigenvalue weighted by molar-refractivity contribution is 5.83. The van der Waals surface area contributed by atoms with Gasteiger partial charge in [-0.1, -0.05) is 82.3 Å². The molecule has 0 N–H and O–H groups in total. The lowest BCUT2D eigenvalue weighted by Gasteiger charge is -2.22. The van der Waals surface area contributed by atoms with Gasteiger partial charge in [-0.05, 0) is 64.4 Å². The maximum atomic E-state index is 2.39. The van der Waals surface area contributed by atoms with Gasteiger partial charge >= 0.3 is 0 Å². The van der Waals surface area contributed by atoms with Crippen LogP contribution in [0, 0.1) is 13.8 Å². The topological polar surface area (TPSA) is 0 Å². The number of hydrogen-bond donors (Lipinski definition) is 0. The molecular weight excluding hydrogens is 300 g/mol. The van der Waals surface area contributed by atoms with Crippen LogP contribution in [0.25, 0.3) is 22.3 Å². The van der Waals surface area contributed by atoms with Crippen LogP contribution in [0.4, 0.5) is 0 Å². The molecular formula is C25H28. The summed E-state index contributed by atoms with van der Waals surface area (Å²) >= 11 is 0. The summed E-state index contributed by atoms with van der Waals surface area (Å²) in [6.07, 6.45) is 0. The van der Waals surface area contributed by atoms with Gasteiger partial charge in [0, 0.05) is 5.41 Å². The second-order valence-electron chi connectivity index (χ2n) is 7.23. The van der Waals surface area contributed by atoms with E-state index in [9.17, 15) is 0 Å². The maximum Gasteiger partial charge on any atom is 0.0159 e. The number of benzene rings is 3. The van der Waals surface area contributed by atoms with Crippen molar-refractivity contribution in [1.82, 2.24) is 0 Å². The monoisotopic (exact) mass is 328 g/mol. The van der Waals surface area contributed by atoms with E-state index in [0.717, 1.165) is 0 Å². The SMILES string of the molecule is CC.Cc1ccc(-c2ccc3c(c2)C(C)(C)c2ccccc2-3)cc1C. The quantitative estimate of drug-likeness (QED) is 0.439. The first-order chi connectivity index (χ1) is 12.0. The zero-order chi connectivity index (χ0) is 18.2. The van der Waals surface area contributed by atoms with Gasteiger partial charge in [0.25, 0.3) is 0 Å². The second-order valence-corrected chi connectivity index (χ2v) is 7.23. The van der Waals surface area contributed by atoms with E-state index in [4.69, 9.17) is 0 Å². The van der Waals surface area contributed by atoms with Crippen molar-refractivity contribution in [1.29, 1.82) is 0 Å². The van der Waals surface area contributed by atoms with Crippen molar-refractivity contribution in [2.24, 2.45) is 0 Å². The third kappa shape index (κ3) is 2.80. The summed E-state index contributed by atoms with van der Waals surface area (Å²) in [6, 6.07) is 22.5. The minimum absolute atomic E-state index is 0.0711. The lowest BCUT2D eigenvalue weighted by atomic mass is 9.81. The van der Waals surface area contributed by atoms with Gasteiger partial charge in [-0.3, -0.25) is 0 Å². The van der Waals surface area contributed by atoms with Crippen molar-refractivity contribution in [2.75, 3.05) is 0 Å². The third-order valence-electron chi connectivity index (χ3n) is 5.42. The largest absolute Gasteiger partial charge is 0.0683 e. The Hall–Kier alpha value is -2.34. The summed E-state index contributed by atoms with van der Waals surface area (Å²) in [7, 11) is 0. The van der Waals surface area contributed by atoms with E-state index in [1.165, 1.54) is 44.5 Å². The molecule has 0 radical (unpaired) electrons. The molecule has 0 saturated carbocycles. The minimum atomic E-state index is 0.0711. The molecule has 0 heterocycles. The zero-order valence-electron chi connectivity index (χ0n) is 16.3. The van der Waals surface area contributed by atoms with Crippen LogP contribution in [0.5, 0.6) is 0 Å². The van der Waals surface area contributed by atoms with Crippen molar-refractivity contribution in [2.45, 2.75) is 47.0 Å². The van der Waals surface area contributed by atoms with Crippen LogP contribution >= 0.6 is 0 Å². The summed E-state index contributed by atoms with van der Waals surface area (Å²) in [5, 5.41) is 0. The Kier molecular flexibility index (Phi) is 4.56. The van der Waals surface area contributed by atoms with E-state index in [0.29, 0.717) is 0 Å². The fraction of sp³-hybridized carbons (Fsp3) is 0.280. The summed E-state index contributed by atoms with van der Waals surface area (Å²) < 4.78 is 0. The molecule has 0 unspecified atom stereocenters. The lowest BCUT2D eigenvalue weighted by molar-refractivity contribution is 0.660. The molecule has 3 aromatic rings. The first-order valence-corrected chi connectivity index (χ1v) is 9.30. The molecule has 0 bridgehead atoms. The fourth-order valence-corrected chi connectivity index (χ4v) is 3.80. The van der Waals surface area contributed by atoms with Gasteiger partial charge < -0.3 is 0 Å². The number of aryl methyl sites for hydroxylation is 2. The average Bonchev–Trinajstić information content (AvgIpc) is 2.87. The van der Waals surface area contributed by atoms with Gasteiger partial charge in [0.05, 0.1) is 0 Å². The van der Waals surface area contributed by atoms with Crippen LogP contribution < -0.4 is 0 Å². The van der Waals surface area contributed by atoms with Crippen LogP contribution in [-0.2, 0) is 5.41 Å². The molecule has 0 aromatic heterocycles. The van der Waals surface area contributed by atoms with Crippen LogP contribution in [0.2, 0.25) is 0 Å². The molecule has 0 aliphatic heterocycles. The molecule has 0 atom stereocenters. The Bertz CT molecular complexity index is 913. The molecule has 0 nitrogen and oxygen atoms in total. The zero-order valence-corrected chi connectivity index (χ0v) is 16.3. The smallest absolute Gasteiger partial charge is 0.0159 e. The fourth-order valence-electron chi connectivity index (χ4n) is 3.80. The van der Waals surface area contributed by atoms with Gasteiger partial charge in [0.15, 0.2) is 0 Å². The number of fused-ring (bicyclic) bond motifs is 3. The molecule has 128 valence electrons. The first kappa shape index (κ1) is 17.5. The van der Waals surface area contributed by atoms with Crippen molar-refractivity contribution < 1.29 is 0 Å². The van der Waals surface area contributed by atoms with Crippen LogP contribution in [0.15, 0.2) is 60.7 Å². The van der Waals surface area contributed by atoms with Crippen molar-refractivity contribution in [3.63, 3.8) is 0 Å². The average molecular weight is 328 g/mol. The highest BCUT2D eigenvalue weighted by atomic mass is 14.4. The summed E-state index contributed by atoms with van der Waals surface area (Å²) in [5.41, 5.74) is 11.0. The van der Waals surface area contributed by atoms with Gasteiger partial charge in [0.2, 0.25) is 0 Å². The normalized spacial score (nSPS) is 13.5. The lowest BCUT2D eigenvalue weighted by Crippen LogP contribution is -2.14. The van der Waals surface area contributed by atoms with Crippen LogP contribution in [-0.4, -0.2) is 0 Å². The molecule has 0 amide bonds. The van der Waals surface area contributed by atoms with E-state index in [-0.39, 0.29) is 5.41 Å². The summed E-state index contributed by atoms with van der Waals surface area (Å²) in [5.74, 6) is 0. The predicted molar refractivity (Wildman–Crippen MR) is 110 cm³/mol. The number of hydrogen-bond acceptors (Lipinski definition) is 0. The standard InChI is InChI=1S/C23H22.C2H6/c1-15-9-10-17(13-16(15)2)18-11-12-20-19-7-5-6-8-21(19)23(3,4)22(20)14-18;1-2/h5-14H,1-4H3;1-2H3. The minimum Gasteiger partial charge on any atom is -0.0683 e. The molecule has 0 fully saturated rings. The first-order valence-electron chi connectivity index (χ1n) is 9.30. The van der Waals surface area contributed by atoms with Gasteiger partial charge in [-0.25, -0.2) is 0 Å². The van der Waals surface area contributed by atoms with Gasteiger partial charge in [-0.15, -0.1) is 0 Å². The molecule has 0 spiro atoms. The Labute approximate surface area is 152 Å². The third-order valence-corrected chi connectivity index (χ3v) is 5.42. The van der Waals surface area contributed by atoms with E-state index in [1.54, 1.807) is 0 Å². The summed E-state index contributed by atoms with van der Waals surface area (Å²) in [4.78, 5) is 0. The Balaban J connectivity index is 0.000000880. The summed E-state index contributed by atoms with van der Waals surface area (Å²) in [6.45, 7) is 13.0. The Morgan fingerprint density at radius 1 is 0.600 bits per heavy atom. The second kappa shape index (κ2) is 6.52. The molecule has 0 heteroatoms. The van der Waals surface area contributed by atoms with E-state index in [2.05, 4.69) is 88.4 Å². The Morgan fingerprint density at radius 3 is 1.92 bits per heavy atom. The molecule has 0 saturated heterocycles. The van der Waals surface area contributed by atoms with Gasteiger partial charge in [0.1, 0.15) is 0 Å². The number of rotatable bonds is 1. The molecule has 4 rings (SSSR count). The van der Waals surface area contributed by atoms with Crippen molar-refractivity contribution in [3.05, 3.63) is 82.9 Å². The maximum absolute atomic E-state index is 2.39. The van der Waals surface area contributed by atoms with Crippen LogP contribution in [0.1, 0.15) is 49.9 Å². The molecule has 1 aliphatic carbocycles. The van der Waals surface area contributed by atoms with Gasteiger partial charge in [-0.2, -0.15) is 0 Å². The van der Waals surface area contributed by atoms with E-state index in [1.807, 2.05) is 13.8 Å². The van der Waals surface area contributed by atoms with E-state index >= 15 is 0 Å². The van der Waals surface area contributed by atoms with Crippen LogP contribution in [0.3, 0.4) is 0 Å². The van der Waals surface area contributed by atoms with E-state index < -0.39 is 0 Å². The molecule has 25 heavy (non-hydrogen) atoms. The highest BCUT2D eigenvalue weighted by Crippen LogP contribution is 2.49. The molecule has 3 aromatic carbocycles. The van der Waals surface area contributed by atoms with Crippen molar-refractivity contribution >= 4 is 0 Å². The Morgan fingerprint density at radius 2 is 1.20 bits per heavy atom. The molecule has 1 aliphatic rings. The predicted octanol–water partition coefficient (Wildman–Crippen LogP) is 7.30.